The molecule has 0 spiro atoms. The Kier molecular flexibility index (Phi) is 5.34. The number of piperidine rings is 1. The number of fused-ring (bicyclic) bond motifs is 1. The van der Waals surface area contributed by atoms with E-state index in [9.17, 15) is 4.79 Å². The Balaban J connectivity index is 1.79. The van der Waals surface area contributed by atoms with Gasteiger partial charge in [-0.15, -0.1) is 0 Å². The number of amides is 2. The molecule has 4 rings (SSSR count). The fourth-order valence-corrected chi connectivity index (χ4v) is 5.86. The molecule has 0 unspecified atom stereocenters. The zero-order valence-corrected chi connectivity index (χ0v) is 18.0. The Morgan fingerprint density at radius 1 is 1.38 bits per heavy atom. The van der Waals surface area contributed by atoms with Crippen LogP contribution >= 0.6 is 48.4 Å². The first-order valence-electron chi connectivity index (χ1n) is 8.28. The van der Waals surface area contributed by atoms with Gasteiger partial charge >= 0.3 is 6.03 Å². The summed E-state index contributed by atoms with van der Waals surface area (Å²) in [6, 6.07) is 4.13. The maximum absolute atomic E-state index is 12.6. The summed E-state index contributed by atoms with van der Waals surface area (Å²) in [6.07, 6.45) is 1.93. The third-order valence-electron chi connectivity index (χ3n) is 4.78. The first-order chi connectivity index (χ1) is 12.5. The van der Waals surface area contributed by atoms with Crippen molar-refractivity contribution >= 4 is 65.8 Å². The number of carbonyl (C=O) groups is 1. The molecule has 2 aromatic rings. The number of urea groups is 1. The highest BCUT2D eigenvalue weighted by atomic mass is 79.9. The predicted octanol–water partition coefficient (Wildman–Crippen LogP) is 3.98. The predicted molar refractivity (Wildman–Crippen MR) is 110 cm³/mol. The molecule has 6 nitrogen and oxygen atoms in total. The second-order valence-corrected chi connectivity index (χ2v) is 9.46. The van der Waals surface area contributed by atoms with Gasteiger partial charge in [0.15, 0.2) is 9.82 Å². The van der Waals surface area contributed by atoms with E-state index in [1.54, 1.807) is 0 Å². The molecule has 26 heavy (non-hydrogen) atoms. The van der Waals surface area contributed by atoms with Gasteiger partial charge in [0.25, 0.3) is 0 Å². The van der Waals surface area contributed by atoms with E-state index in [0.29, 0.717) is 16.4 Å². The highest BCUT2D eigenvalue weighted by Gasteiger charge is 2.33. The Morgan fingerprint density at radius 3 is 2.85 bits per heavy atom. The van der Waals surface area contributed by atoms with E-state index in [0.717, 1.165) is 47.3 Å². The molecule has 10 heteroatoms. The van der Waals surface area contributed by atoms with Gasteiger partial charge in [-0.05, 0) is 71.4 Å². The summed E-state index contributed by atoms with van der Waals surface area (Å²) in [4.78, 5) is 21.6. The molecule has 2 aliphatic rings. The minimum absolute atomic E-state index is 0.0293. The summed E-state index contributed by atoms with van der Waals surface area (Å²) >= 11 is 9.73. The number of nitrogens with one attached hydrogen (secondary N) is 1. The molecule has 1 fully saturated rings. The number of benzene rings is 1. The normalized spacial score (nSPS) is 19.6. The van der Waals surface area contributed by atoms with Crippen molar-refractivity contribution in [2.75, 3.05) is 25.0 Å². The molecular weight excluding hydrogens is 458 g/mol. The first kappa shape index (κ1) is 18.4. The van der Waals surface area contributed by atoms with Crippen LogP contribution in [0.25, 0.3) is 0 Å². The molecule has 0 radical (unpaired) electrons. The SMILES string of the molecule is CN1CCC(N2C(=O)NCc3c2ccc(Br)c3N=c2ssnc2Cl)CC1. The zero-order valence-electron chi connectivity index (χ0n) is 14.0. The summed E-state index contributed by atoms with van der Waals surface area (Å²) in [6.45, 7) is 2.44. The van der Waals surface area contributed by atoms with E-state index in [1.807, 2.05) is 17.0 Å². The Hall–Kier alpha value is -1.00. The van der Waals surface area contributed by atoms with Crippen molar-refractivity contribution in [3.8, 4) is 0 Å². The van der Waals surface area contributed by atoms with E-state index in [-0.39, 0.29) is 12.1 Å². The van der Waals surface area contributed by atoms with Crippen LogP contribution in [0.2, 0.25) is 5.15 Å². The van der Waals surface area contributed by atoms with Gasteiger partial charge in [-0.1, -0.05) is 11.6 Å². The number of halogens is 2. The number of nitrogens with zero attached hydrogens (tertiary/aromatic N) is 4. The van der Waals surface area contributed by atoms with E-state index in [4.69, 9.17) is 16.6 Å². The van der Waals surface area contributed by atoms with Crippen LogP contribution in [0.4, 0.5) is 16.2 Å². The number of anilines is 1. The summed E-state index contributed by atoms with van der Waals surface area (Å²) in [5.41, 5.74) is 2.75. The van der Waals surface area contributed by atoms with Crippen LogP contribution in [-0.4, -0.2) is 41.5 Å². The molecular formula is C16H17BrClN5OS2. The Bertz CT molecular complexity index is 906. The molecule has 1 N–H and O–H groups in total. The number of aromatic nitrogens is 1. The highest BCUT2D eigenvalue weighted by molar-refractivity contribution is 9.10. The van der Waals surface area contributed by atoms with Gasteiger partial charge in [-0.3, -0.25) is 4.90 Å². The molecule has 1 saturated heterocycles. The quantitative estimate of drug-likeness (QED) is 0.670. The van der Waals surface area contributed by atoms with Gasteiger partial charge in [-0.2, -0.15) is 4.37 Å². The van der Waals surface area contributed by atoms with Gasteiger partial charge < -0.3 is 10.2 Å². The van der Waals surface area contributed by atoms with Crippen molar-refractivity contribution in [1.29, 1.82) is 0 Å². The third-order valence-corrected chi connectivity index (χ3v) is 7.59. The van der Waals surface area contributed by atoms with Crippen LogP contribution in [0.5, 0.6) is 0 Å². The lowest BCUT2D eigenvalue weighted by molar-refractivity contribution is 0.225. The van der Waals surface area contributed by atoms with Crippen LogP contribution in [0.3, 0.4) is 0 Å². The molecule has 0 bridgehead atoms. The van der Waals surface area contributed by atoms with Gasteiger partial charge in [0.1, 0.15) is 0 Å². The first-order valence-corrected chi connectivity index (χ1v) is 11.6. The fraction of sp³-hybridized carbons (Fsp3) is 0.438. The van der Waals surface area contributed by atoms with Gasteiger partial charge in [-0.25, -0.2) is 9.79 Å². The van der Waals surface area contributed by atoms with Crippen molar-refractivity contribution in [1.82, 2.24) is 14.6 Å². The standard InChI is InChI=1S/C16H17BrClN5OS2/c1-22-6-4-9(5-7-22)23-12-3-2-11(17)13(10(12)8-19-16(23)24)20-15-14(18)21-26-25-15/h2-3,9H,4-8H2,1H3,(H,19,24). The molecule has 138 valence electrons. The molecule has 0 saturated carbocycles. The number of carbonyl (C=O) groups excluding carboxylic acids is 1. The minimum Gasteiger partial charge on any atom is -0.333 e. The molecule has 1 aromatic heterocycles. The largest absolute Gasteiger partial charge is 0.333 e. The van der Waals surface area contributed by atoms with Crippen molar-refractivity contribution in [2.24, 2.45) is 4.99 Å². The molecule has 2 aliphatic heterocycles. The van der Waals surface area contributed by atoms with Crippen LogP contribution < -0.4 is 14.9 Å². The summed E-state index contributed by atoms with van der Waals surface area (Å²) in [5, 5.41) is 3.42. The molecule has 0 atom stereocenters. The minimum atomic E-state index is -0.0293. The summed E-state index contributed by atoms with van der Waals surface area (Å²) in [5.74, 6) is 0. The van der Waals surface area contributed by atoms with Crippen LogP contribution in [0.15, 0.2) is 21.6 Å². The Labute approximate surface area is 172 Å². The summed E-state index contributed by atoms with van der Waals surface area (Å²) < 4.78 is 5.66. The second kappa shape index (κ2) is 7.55. The van der Waals surface area contributed by atoms with Crippen molar-refractivity contribution in [3.63, 3.8) is 0 Å². The third kappa shape index (κ3) is 3.43. The molecule has 2 amide bonds. The number of likely N-dealkylation sites (tertiary alicyclic amines) is 1. The molecule has 0 aliphatic carbocycles. The van der Waals surface area contributed by atoms with Gasteiger partial charge in [0.05, 0.1) is 11.4 Å². The maximum atomic E-state index is 12.6. The topological polar surface area (TPSA) is 60.8 Å². The van der Waals surface area contributed by atoms with Crippen molar-refractivity contribution in [2.45, 2.75) is 25.4 Å². The van der Waals surface area contributed by atoms with E-state index < -0.39 is 0 Å². The lowest BCUT2D eigenvalue weighted by atomic mass is 9.99. The Morgan fingerprint density at radius 2 is 2.15 bits per heavy atom. The smallest absolute Gasteiger partial charge is 0.322 e. The average molecular weight is 475 g/mol. The van der Waals surface area contributed by atoms with E-state index in [2.05, 4.69) is 37.6 Å². The maximum Gasteiger partial charge on any atom is 0.322 e. The molecule has 1 aromatic carbocycles. The van der Waals surface area contributed by atoms with Gasteiger partial charge in [0.2, 0.25) is 0 Å². The van der Waals surface area contributed by atoms with Gasteiger partial charge in [0, 0.05) is 33.2 Å². The number of hydrogen-bond acceptors (Lipinski definition) is 6. The zero-order chi connectivity index (χ0) is 18.3. The van der Waals surface area contributed by atoms with E-state index >= 15 is 0 Å². The number of hydrogen-bond donors (Lipinski definition) is 1. The van der Waals surface area contributed by atoms with Crippen LogP contribution in [0, 0.1) is 0 Å². The van der Waals surface area contributed by atoms with Crippen LogP contribution in [-0.2, 0) is 6.54 Å². The summed E-state index contributed by atoms with van der Waals surface area (Å²) in [7, 11) is 4.88. The average Bonchev–Trinajstić information content (AvgIpc) is 3.03. The van der Waals surface area contributed by atoms with Crippen LogP contribution in [0.1, 0.15) is 18.4 Å². The number of rotatable bonds is 2. The molecule has 3 heterocycles. The lowest BCUT2D eigenvalue weighted by Gasteiger charge is -2.40. The second-order valence-electron chi connectivity index (χ2n) is 6.41. The van der Waals surface area contributed by atoms with Crippen molar-refractivity contribution < 1.29 is 4.79 Å². The lowest BCUT2D eigenvalue weighted by Crippen LogP contribution is -2.53. The van der Waals surface area contributed by atoms with Crippen molar-refractivity contribution in [3.05, 3.63) is 32.0 Å². The monoisotopic (exact) mass is 473 g/mol. The highest BCUT2D eigenvalue weighted by Crippen LogP contribution is 2.40. The fourth-order valence-electron chi connectivity index (χ4n) is 3.42. The van der Waals surface area contributed by atoms with E-state index in [1.165, 1.54) is 20.9 Å².